The summed E-state index contributed by atoms with van der Waals surface area (Å²) in [6.07, 6.45) is -4.45. The Labute approximate surface area is 101 Å². The molecule has 8 heteroatoms. The van der Waals surface area contributed by atoms with E-state index in [4.69, 9.17) is 0 Å². The first-order valence-corrected chi connectivity index (χ1v) is 4.82. The summed E-state index contributed by atoms with van der Waals surface area (Å²) in [6, 6.07) is 3.95. The van der Waals surface area contributed by atoms with Gasteiger partial charge < -0.3 is 4.74 Å². The Bertz CT molecular complexity index is 423. The highest BCUT2D eigenvalue weighted by molar-refractivity contribution is 5.91. The molecule has 0 aromatic carbocycles. The molecule has 0 N–H and O–H groups in total. The van der Waals surface area contributed by atoms with Crippen molar-refractivity contribution in [2.75, 3.05) is 20.8 Å². The van der Waals surface area contributed by atoms with Gasteiger partial charge in [-0.1, -0.05) is 6.07 Å². The molecular weight excluding hydrogens is 253 g/mol. The van der Waals surface area contributed by atoms with Gasteiger partial charge in [0.25, 0.3) is 5.91 Å². The fourth-order valence-corrected chi connectivity index (χ4v) is 1.01. The number of carbonyl (C=O) groups excluding carboxylic acids is 1. The lowest BCUT2D eigenvalue weighted by Crippen LogP contribution is -2.26. The van der Waals surface area contributed by atoms with E-state index < -0.39 is 18.7 Å². The third-order valence-corrected chi connectivity index (χ3v) is 1.89. The van der Waals surface area contributed by atoms with Crippen LogP contribution >= 0.6 is 0 Å². The minimum absolute atomic E-state index is 0.0703. The van der Waals surface area contributed by atoms with Crippen LogP contribution in [0.1, 0.15) is 10.5 Å². The van der Waals surface area contributed by atoms with Crippen molar-refractivity contribution in [2.24, 2.45) is 0 Å². The summed E-state index contributed by atoms with van der Waals surface area (Å²) in [5.74, 6) is -0.863. The van der Waals surface area contributed by atoms with E-state index >= 15 is 0 Å². The van der Waals surface area contributed by atoms with Crippen LogP contribution in [0.3, 0.4) is 0 Å². The number of pyridine rings is 1. The largest absolute Gasteiger partial charge is 0.468 e. The molecule has 1 amide bonds. The second kappa shape index (κ2) is 5.67. The molecule has 0 aliphatic rings. The Morgan fingerprint density at radius 2 is 2.11 bits per heavy atom. The molecule has 18 heavy (non-hydrogen) atoms. The van der Waals surface area contributed by atoms with Crippen LogP contribution in [0.2, 0.25) is 0 Å². The van der Waals surface area contributed by atoms with Crippen LogP contribution in [0.25, 0.3) is 0 Å². The molecule has 0 spiro atoms. The Kier molecular flexibility index (Phi) is 4.49. The van der Waals surface area contributed by atoms with Crippen LogP contribution in [0.15, 0.2) is 18.2 Å². The second-order valence-electron chi connectivity index (χ2n) is 3.25. The quantitative estimate of drug-likeness (QED) is 0.776. The molecule has 1 aromatic heterocycles. The molecule has 0 bridgehead atoms. The fourth-order valence-electron chi connectivity index (χ4n) is 1.01. The number of hydroxylamine groups is 2. The van der Waals surface area contributed by atoms with E-state index in [0.717, 1.165) is 5.06 Å². The zero-order chi connectivity index (χ0) is 13.8. The molecule has 100 valence electrons. The first-order chi connectivity index (χ1) is 8.33. The van der Waals surface area contributed by atoms with E-state index in [1.165, 1.54) is 32.4 Å². The van der Waals surface area contributed by atoms with Gasteiger partial charge in [-0.3, -0.25) is 9.63 Å². The highest BCUT2D eigenvalue weighted by Gasteiger charge is 2.28. The smallest absolute Gasteiger partial charge is 0.422 e. The van der Waals surface area contributed by atoms with E-state index in [9.17, 15) is 18.0 Å². The van der Waals surface area contributed by atoms with Crippen molar-refractivity contribution < 1.29 is 27.5 Å². The van der Waals surface area contributed by atoms with E-state index in [-0.39, 0.29) is 11.6 Å². The number of carbonyl (C=O) groups is 1. The summed E-state index contributed by atoms with van der Waals surface area (Å²) in [6.45, 7) is -1.46. The van der Waals surface area contributed by atoms with Crippen LogP contribution in [0.5, 0.6) is 5.88 Å². The van der Waals surface area contributed by atoms with Crippen LogP contribution in [-0.2, 0) is 4.84 Å². The third-order valence-electron chi connectivity index (χ3n) is 1.89. The average Bonchev–Trinajstić information content (AvgIpc) is 2.34. The molecule has 1 rings (SSSR count). The van der Waals surface area contributed by atoms with Crippen molar-refractivity contribution >= 4 is 5.91 Å². The second-order valence-corrected chi connectivity index (χ2v) is 3.25. The number of halogens is 3. The summed E-state index contributed by atoms with van der Waals surface area (Å²) in [5, 5.41) is 0.899. The molecule has 0 fully saturated rings. The van der Waals surface area contributed by atoms with Crippen LogP contribution in [0.4, 0.5) is 13.2 Å². The number of amides is 1. The predicted molar refractivity (Wildman–Crippen MR) is 54.9 cm³/mol. The van der Waals surface area contributed by atoms with Gasteiger partial charge in [-0.25, -0.2) is 10.0 Å². The Morgan fingerprint density at radius 1 is 1.44 bits per heavy atom. The van der Waals surface area contributed by atoms with Gasteiger partial charge in [-0.2, -0.15) is 13.2 Å². The normalized spacial score (nSPS) is 11.2. The molecule has 1 aromatic rings. The zero-order valence-corrected chi connectivity index (χ0v) is 9.69. The maximum absolute atomic E-state index is 11.9. The predicted octanol–water partition coefficient (Wildman–Crippen LogP) is 1.66. The van der Waals surface area contributed by atoms with Crippen molar-refractivity contribution in [2.45, 2.75) is 6.18 Å². The van der Waals surface area contributed by atoms with Gasteiger partial charge in [0, 0.05) is 13.1 Å². The third kappa shape index (κ3) is 4.21. The van der Waals surface area contributed by atoms with Crippen LogP contribution in [-0.4, -0.2) is 42.9 Å². The SMILES string of the molecule is CON(C)C(=O)c1cccc(OCC(F)(F)F)n1. The minimum atomic E-state index is -4.45. The number of alkyl halides is 3. The minimum Gasteiger partial charge on any atom is -0.468 e. The number of ether oxygens (including phenoxy) is 1. The van der Waals surface area contributed by atoms with Gasteiger partial charge >= 0.3 is 6.18 Å². The van der Waals surface area contributed by atoms with Gasteiger partial charge in [0.05, 0.1) is 7.11 Å². The summed E-state index contributed by atoms with van der Waals surface area (Å²) in [7, 11) is 2.63. The Morgan fingerprint density at radius 3 is 2.67 bits per heavy atom. The maximum Gasteiger partial charge on any atom is 0.422 e. The summed E-state index contributed by atoms with van der Waals surface area (Å²) < 4.78 is 40.2. The number of nitrogens with zero attached hydrogens (tertiary/aromatic N) is 2. The standard InChI is InChI=1S/C10H11F3N2O3/c1-15(17-2)9(16)7-4-3-5-8(14-7)18-6-10(11,12)13/h3-5H,6H2,1-2H3. The van der Waals surface area contributed by atoms with Crippen molar-refractivity contribution in [3.05, 3.63) is 23.9 Å². The lowest BCUT2D eigenvalue weighted by Gasteiger charge is -2.13. The number of aromatic nitrogens is 1. The van der Waals surface area contributed by atoms with E-state index in [2.05, 4.69) is 14.6 Å². The first-order valence-electron chi connectivity index (χ1n) is 4.82. The van der Waals surface area contributed by atoms with Gasteiger partial charge in [-0.15, -0.1) is 0 Å². The lowest BCUT2D eigenvalue weighted by atomic mass is 10.3. The van der Waals surface area contributed by atoms with E-state index in [0.29, 0.717) is 0 Å². The molecule has 0 radical (unpaired) electrons. The van der Waals surface area contributed by atoms with Crippen molar-refractivity contribution in [1.82, 2.24) is 10.0 Å². The molecule has 0 saturated carbocycles. The Hall–Kier alpha value is -1.83. The molecule has 1 heterocycles. The topological polar surface area (TPSA) is 51.7 Å². The van der Waals surface area contributed by atoms with Gasteiger partial charge in [-0.05, 0) is 6.07 Å². The van der Waals surface area contributed by atoms with Crippen LogP contribution in [0, 0.1) is 0 Å². The Balaban J connectivity index is 2.76. The molecule has 0 unspecified atom stereocenters. The van der Waals surface area contributed by atoms with E-state index in [1.54, 1.807) is 0 Å². The van der Waals surface area contributed by atoms with Crippen molar-refractivity contribution in [3.63, 3.8) is 0 Å². The summed E-state index contributed by atoms with van der Waals surface area (Å²) in [4.78, 5) is 19.9. The fraction of sp³-hybridized carbons (Fsp3) is 0.400. The highest BCUT2D eigenvalue weighted by atomic mass is 19.4. The van der Waals surface area contributed by atoms with Gasteiger partial charge in [0.1, 0.15) is 5.69 Å². The van der Waals surface area contributed by atoms with Crippen molar-refractivity contribution in [3.8, 4) is 5.88 Å². The number of rotatable bonds is 4. The molecular formula is C10H11F3N2O3. The number of hydrogen-bond donors (Lipinski definition) is 0. The zero-order valence-electron chi connectivity index (χ0n) is 9.69. The molecule has 0 aliphatic heterocycles. The summed E-state index contributed by atoms with van der Waals surface area (Å²) in [5.41, 5.74) is -0.0703. The molecule has 5 nitrogen and oxygen atoms in total. The van der Waals surface area contributed by atoms with Gasteiger partial charge in [0.15, 0.2) is 6.61 Å². The first kappa shape index (κ1) is 14.2. The number of hydrogen-bond acceptors (Lipinski definition) is 4. The van der Waals surface area contributed by atoms with E-state index in [1.807, 2.05) is 0 Å². The average molecular weight is 264 g/mol. The highest BCUT2D eigenvalue weighted by Crippen LogP contribution is 2.17. The molecule has 0 saturated heterocycles. The lowest BCUT2D eigenvalue weighted by molar-refractivity contribution is -0.154. The van der Waals surface area contributed by atoms with Crippen molar-refractivity contribution in [1.29, 1.82) is 0 Å². The maximum atomic E-state index is 11.9. The molecule has 0 atom stereocenters. The van der Waals surface area contributed by atoms with Crippen LogP contribution < -0.4 is 4.74 Å². The summed E-state index contributed by atoms with van der Waals surface area (Å²) >= 11 is 0. The van der Waals surface area contributed by atoms with Gasteiger partial charge in [0.2, 0.25) is 5.88 Å². The molecule has 0 aliphatic carbocycles. The monoisotopic (exact) mass is 264 g/mol.